The Morgan fingerprint density at radius 1 is 1.47 bits per heavy atom. The first-order valence-corrected chi connectivity index (χ1v) is 5.14. The number of nitrogens with zero attached hydrogens (tertiary/aromatic N) is 3. The first-order valence-electron chi connectivity index (χ1n) is 5.14. The zero-order valence-electron chi connectivity index (χ0n) is 9.64. The molecular weight excluding hydrogens is 223 g/mol. The molecule has 6 heteroatoms. The SMILES string of the molecule is CNCc1cnnn1-c1cc(OC)ccc1F. The van der Waals surface area contributed by atoms with Crippen molar-refractivity contribution in [2.45, 2.75) is 6.54 Å². The maximum absolute atomic E-state index is 13.7. The minimum Gasteiger partial charge on any atom is -0.497 e. The molecule has 1 N–H and O–H groups in total. The summed E-state index contributed by atoms with van der Waals surface area (Å²) in [5, 5.41) is 10.6. The van der Waals surface area contributed by atoms with E-state index in [-0.39, 0.29) is 5.82 Å². The van der Waals surface area contributed by atoms with Crippen LogP contribution in [0.25, 0.3) is 5.69 Å². The molecular formula is C11H13FN4O. The molecule has 2 rings (SSSR count). The number of nitrogens with one attached hydrogen (secondary N) is 1. The van der Waals surface area contributed by atoms with Crippen LogP contribution < -0.4 is 10.1 Å². The molecule has 0 fully saturated rings. The van der Waals surface area contributed by atoms with Crippen molar-refractivity contribution < 1.29 is 9.13 Å². The molecule has 0 amide bonds. The van der Waals surface area contributed by atoms with Crippen LogP contribution in [-0.4, -0.2) is 29.2 Å². The normalized spacial score (nSPS) is 10.5. The van der Waals surface area contributed by atoms with Gasteiger partial charge < -0.3 is 10.1 Å². The molecule has 0 radical (unpaired) electrons. The van der Waals surface area contributed by atoms with Gasteiger partial charge in [0.1, 0.15) is 17.3 Å². The van der Waals surface area contributed by atoms with Gasteiger partial charge in [0.25, 0.3) is 0 Å². The van der Waals surface area contributed by atoms with Crippen molar-refractivity contribution >= 4 is 0 Å². The van der Waals surface area contributed by atoms with Gasteiger partial charge in [-0.25, -0.2) is 9.07 Å². The van der Waals surface area contributed by atoms with Gasteiger partial charge in [-0.1, -0.05) is 5.21 Å². The predicted molar refractivity (Wildman–Crippen MR) is 60.6 cm³/mol. The molecule has 90 valence electrons. The summed E-state index contributed by atoms with van der Waals surface area (Å²) < 4.78 is 20.2. The Labute approximate surface area is 98.2 Å². The molecule has 17 heavy (non-hydrogen) atoms. The highest BCUT2D eigenvalue weighted by Gasteiger charge is 2.11. The average molecular weight is 236 g/mol. The summed E-state index contributed by atoms with van der Waals surface area (Å²) in [7, 11) is 3.34. The summed E-state index contributed by atoms with van der Waals surface area (Å²) >= 11 is 0. The maximum Gasteiger partial charge on any atom is 0.149 e. The summed E-state index contributed by atoms with van der Waals surface area (Å²) in [6, 6.07) is 4.50. The fraction of sp³-hybridized carbons (Fsp3) is 0.273. The highest BCUT2D eigenvalue weighted by molar-refractivity contribution is 5.40. The van der Waals surface area contributed by atoms with Crippen LogP contribution in [0.5, 0.6) is 5.75 Å². The van der Waals surface area contributed by atoms with E-state index in [9.17, 15) is 4.39 Å². The van der Waals surface area contributed by atoms with Gasteiger partial charge in [-0.05, 0) is 19.2 Å². The Balaban J connectivity index is 2.47. The third kappa shape index (κ3) is 2.26. The van der Waals surface area contributed by atoms with E-state index in [2.05, 4.69) is 15.6 Å². The zero-order chi connectivity index (χ0) is 12.3. The van der Waals surface area contributed by atoms with Gasteiger partial charge in [-0.2, -0.15) is 0 Å². The average Bonchev–Trinajstić information content (AvgIpc) is 2.78. The smallest absolute Gasteiger partial charge is 0.149 e. The number of rotatable bonds is 4. The van der Waals surface area contributed by atoms with E-state index in [0.29, 0.717) is 18.0 Å². The van der Waals surface area contributed by atoms with E-state index >= 15 is 0 Å². The van der Waals surface area contributed by atoms with Crippen molar-refractivity contribution in [3.05, 3.63) is 35.9 Å². The summed E-state index contributed by atoms with van der Waals surface area (Å²) in [6.07, 6.45) is 1.59. The number of ether oxygens (including phenoxy) is 1. The Morgan fingerprint density at radius 2 is 2.29 bits per heavy atom. The molecule has 0 aliphatic heterocycles. The molecule has 0 atom stereocenters. The molecule has 0 aliphatic rings. The largest absolute Gasteiger partial charge is 0.497 e. The van der Waals surface area contributed by atoms with Crippen LogP contribution >= 0.6 is 0 Å². The second kappa shape index (κ2) is 4.92. The third-order valence-electron chi connectivity index (χ3n) is 2.36. The van der Waals surface area contributed by atoms with Crippen LogP contribution in [0.2, 0.25) is 0 Å². The summed E-state index contributed by atoms with van der Waals surface area (Å²) in [4.78, 5) is 0. The van der Waals surface area contributed by atoms with Crippen molar-refractivity contribution in [2.24, 2.45) is 0 Å². The summed E-state index contributed by atoms with van der Waals surface area (Å²) in [5.41, 5.74) is 1.10. The van der Waals surface area contributed by atoms with E-state index in [1.165, 1.54) is 17.9 Å². The van der Waals surface area contributed by atoms with E-state index in [0.717, 1.165) is 5.69 Å². The van der Waals surface area contributed by atoms with Gasteiger partial charge >= 0.3 is 0 Å². The molecule has 0 bridgehead atoms. The van der Waals surface area contributed by atoms with Gasteiger partial charge in [-0.15, -0.1) is 5.10 Å². The van der Waals surface area contributed by atoms with Crippen molar-refractivity contribution in [3.8, 4) is 11.4 Å². The number of aromatic nitrogens is 3. The fourth-order valence-corrected chi connectivity index (χ4v) is 1.54. The van der Waals surface area contributed by atoms with Crippen molar-refractivity contribution in [3.63, 3.8) is 0 Å². The van der Waals surface area contributed by atoms with Crippen LogP contribution in [0, 0.1) is 5.82 Å². The lowest BCUT2D eigenvalue weighted by atomic mass is 10.2. The van der Waals surface area contributed by atoms with Gasteiger partial charge in [0.2, 0.25) is 0 Å². The first-order chi connectivity index (χ1) is 8.26. The maximum atomic E-state index is 13.7. The minimum atomic E-state index is -0.367. The van der Waals surface area contributed by atoms with Crippen LogP contribution in [0.15, 0.2) is 24.4 Å². The minimum absolute atomic E-state index is 0.326. The molecule has 1 heterocycles. The summed E-state index contributed by atoms with van der Waals surface area (Å²) in [6.45, 7) is 0.559. The van der Waals surface area contributed by atoms with E-state index < -0.39 is 0 Å². The quantitative estimate of drug-likeness (QED) is 0.864. The van der Waals surface area contributed by atoms with E-state index in [1.54, 1.807) is 25.4 Å². The molecule has 2 aromatic rings. The molecule has 0 saturated carbocycles. The number of hydrogen-bond donors (Lipinski definition) is 1. The van der Waals surface area contributed by atoms with Crippen LogP contribution in [0.1, 0.15) is 5.69 Å². The lowest BCUT2D eigenvalue weighted by molar-refractivity contribution is 0.413. The molecule has 0 aliphatic carbocycles. The van der Waals surface area contributed by atoms with E-state index in [1.807, 2.05) is 0 Å². The lowest BCUT2D eigenvalue weighted by Crippen LogP contribution is -2.12. The number of hydrogen-bond acceptors (Lipinski definition) is 4. The molecule has 0 saturated heterocycles. The molecule has 1 aromatic heterocycles. The third-order valence-corrected chi connectivity index (χ3v) is 2.36. The first kappa shape index (κ1) is 11.5. The Bertz CT molecular complexity index is 512. The van der Waals surface area contributed by atoms with Crippen LogP contribution in [0.3, 0.4) is 0 Å². The standard InChI is InChI=1S/C11H13FN4O/c1-13-6-8-7-14-15-16(8)11-5-9(17-2)3-4-10(11)12/h3-5,7,13H,6H2,1-2H3. The van der Waals surface area contributed by atoms with Crippen molar-refractivity contribution in [2.75, 3.05) is 14.2 Å². The number of methoxy groups -OCH3 is 1. The number of benzene rings is 1. The zero-order valence-corrected chi connectivity index (χ0v) is 9.64. The molecule has 1 aromatic carbocycles. The Morgan fingerprint density at radius 3 is 3.00 bits per heavy atom. The van der Waals surface area contributed by atoms with Crippen molar-refractivity contribution in [1.82, 2.24) is 20.3 Å². The number of halogens is 1. The van der Waals surface area contributed by atoms with Gasteiger partial charge in [0, 0.05) is 12.6 Å². The fourth-order valence-electron chi connectivity index (χ4n) is 1.54. The molecule has 5 nitrogen and oxygen atoms in total. The topological polar surface area (TPSA) is 52.0 Å². The lowest BCUT2D eigenvalue weighted by Gasteiger charge is -2.08. The van der Waals surface area contributed by atoms with Crippen molar-refractivity contribution in [1.29, 1.82) is 0 Å². The van der Waals surface area contributed by atoms with Gasteiger partial charge in [0.15, 0.2) is 0 Å². The highest BCUT2D eigenvalue weighted by atomic mass is 19.1. The Kier molecular flexibility index (Phi) is 3.34. The highest BCUT2D eigenvalue weighted by Crippen LogP contribution is 2.20. The molecule has 0 spiro atoms. The summed E-state index contributed by atoms with van der Waals surface area (Å²) in [5.74, 6) is 0.209. The second-order valence-electron chi connectivity index (χ2n) is 3.48. The van der Waals surface area contributed by atoms with Gasteiger partial charge in [0.05, 0.1) is 19.0 Å². The van der Waals surface area contributed by atoms with Gasteiger partial charge in [-0.3, -0.25) is 0 Å². The van der Waals surface area contributed by atoms with Crippen LogP contribution in [-0.2, 0) is 6.54 Å². The van der Waals surface area contributed by atoms with E-state index in [4.69, 9.17) is 4.74 Å². The Hall–Kier alpha value is -1.95. The van der Waals surface area contributed by atoms with Crippen LogP contribution in [0.4, 0.5) is 4.39 Å². The predicted octanol–water partition coefficient (Wildman–Crippen LogP) is 1.13. The second-order valence-corrected chi connectivity index (χ2v) is 3.48. The molecule has 0 unspecified atom stereocenters. The monoisotopic (exact) mass is 236 g/mol.